The molecule has 2 fully saturated rings. The van der Waals surface area contributed by atoms with Gasteiger partial charge in [0, 0.05) is 19.1 Å². The lowest BCUT2D eigenvalue weighted by Crippen LogP contribution is -2.40. The Labute approximate surface area is 123 Å². The normalized spacial score (nSPS) is 25.0. The van der Waals surface area contributed by atoms with Crippen LogP contribution in [0.15, 0.2) is 24.3 Å². The molecule has 0 radical (unpaired) electrons. The molecule has 1 aromatic carbocycles. The van der Waals surface area contributed by atoms with E-state index in [4.69, 9.17) is 0 Å². The van der Waals surface area contributed by atoms with E-state index in [-0.39, 0.29) is 5.75 Å². The van der Waals surface area contributed by atoms with Crippen LogP contribution in [0, 0.1) is 5.92 Å². The monoisotopic (exact) mass is 285 g/mol. The first-order valence-corrected chi connectivity index (χ1v) is 7.50. The predicted octanol–water partition coefficient (Wildman–Crippen LogP) is 1.37. The van der Waals surface area contributed by atoms with Gasteiger partial charge in [-0.2, -0.15) is 4.98 Å². The maximum Gasteiger partial charge on any atom is 0.245 e. The fourth-order valence-electron chi connectivity index (χ4n) is 3.40. The van der Waals surface area contributed by atoms with E-state index in [2.05, 4.69) is 25.4 Å². The molecule has 110 valence electrons. The summed E-state index contributed by atoms with van der Waals surface area (Å²) in [4.78, 5) is 6.78. The molecule has 4 rings (SSSR count). The van der Waals surface area contributed by atoms with Gasteiger partial charge >= 0.3 is 0 Å². The van der Waals surface area contributed by atoms with Crippen molar-refractivity contribution in [2.45, 2.75) is 18.9 Å². The van der Waals surface area contributed by atoms with Crippen LogP contribution in [0.3, 0.4) is 0 Å². The third-order valence-electron chi connectivity index (χ3n) is 4.51. The maximum absolute atomic E-state index is 9.90. The third kappa shape index (κ3) is 2.25. The maximum atomic E-state index is 9.90. The quantitative estimate of drug-likeness (QED) is 0.777. The summed E-state index contributed by atoms with van der Waals surface area (Å²) >= 11 is 0. The van der Waals surface area contributed by atoms with E-state index in [0.717, 1.165) is 25.6 Å². The van der Waals surface area contributed by atoms with Crippen LogP contribution in [0.1, 0.15) is 12.8 Å². The van der Waals surface area contributed by atoms with Crippen LogP contribution in [0.2, 0.25) is 0 Å². The summed E-state index contributed by atoms with van der Waals surface area (Å²) in [5.41, 5.74) is 0.686. The van der Waals surface area contributed by atoms with Crippen LogP contribution in [0.4, 0.5) is 5.95 Å². The Hall–Kier alpha value is -2.08. The van der Waals surface area contributed by atoms with Crippen molar-refractivity contribution >= 4 is 5.95 Å². The average Bonchev–Trinajstić information content (AvgIpc) is 3.14. The second-order valence-electron chi connectivity index (χ2n) is 5.87. The summed E-state index contributed by atoms with van der Waals surface area (Å²) in [6.07, 6.45) is 2.54. The van der Waals surface area contributed by atoms with Crippen LogP contribution in [0.25, 0.3) is 11.4 Å². The number of para-hydroxylation sites is 1. The molecule has 2 aliphatic rings. The fourth-order valence-corrected chi connectivity index (χ4v) is 3.40. The molecule has 1 aromatic heterocycles. The van der Waals surface area contributed by atoms with Gasteiger partial charge in [-0.25, -0.2) is 0 Å². The van der Waals surface area contributed by atoms with E-state index in [9.17, 15) is 5.11 Å². The zero-order valence-corrected chi connectivity index (χ0v) is 11.8. The highest BCUT2D eigenvalue weighted by atomic mass is 16.3. The number of nitrogens with one attached hydrogen (secondary N) is 2. The van der Waals surface area contributed by atoms with Crippen molar-refractivity contribution in [1.82, 2.24) is 20.5 Å². The molecular formula is C15H19N5O. The van der Waals surface area contributed by atoms with Gasteiger partial charge in [-0.05, 0) is 37.4 Å². The number of benzene rings is 1. The Morgan fingerprint density at radius 1 is 1.24 bits per heavy atom. The number of anilines is 1. The summed E-state index contributed by atoms with van der Waals surface area (Å²) in [5, 5.41) is 20.7. The zero-order valence-electron chi connectivity index (χ0n) is 11.8. The lowest BCUT2D eigenvalue weighted by atomic mass is 9.94. The lowest BCUT2D eigenvalue weighted by molar-refractivity contribution is 0.340. The number of H-pyrrole nitrogens is 1. The molecule has 0 saturated carbocycles. The van der Waals surface area contributed by atoms with E-state index in [1.54, 1.807) is 12.1 Å². The smallest absolute Gasteiger partial charge is 0.245 e. The largest absolute Gasteiger partial charge is 0.507 e. The molecule has 2 unspecified atom stereocenters. The minimum Gasteiger partial charge on any atom is -0.507 e. The summed E-state index contributed by atoms with van der Waals surface area (Å²) in [7, 11) is 0. The van der Waals surface area contributed by atoms with E-state index >= 15 is 0 Å². The molecule has 6 nitrogen and oxygen atoms in total. The Morgan fingerprint density at radius 2 is 2.14 bits per heavy atom. The minimum absolute atomic E-state index is 0.219. The van der Waals surface area contributed by atoms with Crippen LogP contribution >= 0.6 is 0 Å². The van der Waals surface area contributed by atoms with E-state index in [1.807, 2.05) is 12.1 Å². The van der Waals surface area contributed by atoms with Crippen molar-refractivity contribution in [3.63, 3.8) is 0 Å². The van der Waals surface area contributed by atoms with Gasteiger partial charge in [-0.3, -0.25) is 5.10 Å². The van der Waals surface area contributed by atoms with Gasteiger partial charge in [-0.15, -0.1) is 5.10 Å². The predicted molar refractivity (Wildman–Crippen MR) is 80.2 cm³/mol. The van der Waals surface area contributed by atoms with E-state index < -0.39 is 0 Å². The van der Waals surface area contributed by atoms with Gasteiger partial charge in [0.25, 0.3) is 0 Å². The fraction of sp³-hybridized carbons (Fsp3) is 0.467. The number of aromatic nitrogens is 3. The molecule has 0 spiro atoms. The molecule has 3 N–H and O–H groups in total. The van der Waals surface area contributed by atoms with Crippen LogP contribution in [-0.4, -0.2) is 46.0 Å². The number of phenolic OH excluding ortho intramolecular Hbond substituents is 1. The van der Waals surface area contributed by atoms with Gasteiger partial charge in [0.05, 0.1) is 5.56 Å². The number of piperidine rings is 1. The molecule has 0 amide bonds. The number of aromatic hydroxyl groups is 1. The number of aromatic amines is 1. The topological polar surface area (TPSA) is 77.1 Å². The first kappa shape index (κ1) is 12.6. The third-order valence-corrected chi connectivity index (χ3v) is 4.51. The molecule has 0 aliphatic carbocycles. The SMILES string of the molecule is Oc1ccccc1-c1nc(N2CC3CCCNC3C2)n[nH]1. The molecular weight excluding hydrogens is 266 g/mol. The summed E-state index contributed by atoms with van der Waals surface area (Å²) in [5.74, 6) is 2.26. The van der Waals surface area contributed by atoms with E-state index in [0.29, 0.717) is 23.3 Å². The van der Waals surface area contributed by atoms with Gasteiger partial charge in [-0.1, -0.05) is 12.1 Å². The van der Waals surface area contributed by atoms with Gasteiger partial charge in [0.2, 0.25) is 5.95 Å². The number of fused-ring (bicyclic) bond motifs is 1. The molecule has 2 aliphatic heterocycles. The van der Waals surface area contributed by atoms with Crippen molar-refractivity contribution in [1.29, 1.82) is 0 Å². The second kappa shape index (κ2) is 5.04. The Kier molecular flexibility index (Phi) is 3.03. The number of rotatable bonds is 2. The summed E-state index contributed by atoms with van der Waals surface area (Å²) in [6, 6.07) is 7.74. The molecule has 2 atom stereocenters. The van der Waals surface area contributed by atoms with Gasteiger partial charge in [0.1, 0.15) is 5.75 Å². The Bertz CT molecular complexity index is 626. The number of hydrogen-bond acceptors (Lipinski definition) is 5. The van der Waals surface area contributed by atoms with Gasteiger partial charge in [0.15, 0.2) is 5.82 Å². The average molecular weight is 285 g/mol. The molecule has 0 bridgehead atoms. The van der Waals surface area contributed by atoms with Crippen molar-refractivity contribution in [3.8, 4) is 17.1 Å². The zero-order chi connectivity index (χ0) is 14.2. The van der Waals surface area contributed by atoms with Crippen molar-refractivity contribution in [2.75, 3.05) is 24.5 Å². The number of phenols is 1. The van der Waals surface area contributed by atoms with Gasteiger partial charge < -0.3 is 15.3 Å². The van der Waals surface area contributed by atoms with Crippen LogP contribution < -0.4 is 10.2 Å². The molecule has 2 saturated heterocycles. The standard InChI is InChI=1S/C15H19N5O/c21-13-6-2-1-5-11(13)14-17-15(19-18-14)20-8-10-4-3-7-16-12(10)9-20/h1-2,5-6,10,12,16,21H,3-4,7-9H2,(H,17,18,19). The van der Waals surface area contributed by atoms with Crippen LogP contribution in [-0.2, 0) is 0 Å². The minimum atomic E-state index is 0.219. The molecule has 6 heteroatoms. The van der Waals surface area contributed by atoms with E-state index in [1.165, 1.54) is 12.8 Å². The number of hydrogen-bond donors (Lipinski definition) is 3. The lowest BCUT2D eigenvalue weighted by Gasteiger charge is -2.24. The highest BCUT2D eigenvalue weighted by molar-refractivity contribution is 5.64. The van der Waals surface area contributed by atoms with Crippen molar-refractivity contribution < 1.29 is 5.11 Å². The second-order valence-corrected chi connectivity index (χ2v) is 5.87. The van der Waals surface area contributed by atoms with Crippen molar-refractivity contribution in [2.24, 2.45) is 5.92 Å². The summed E-state index contributed by atoms with van der Waals surface area (Å²) < 4.78 is 0. The van der Waals surface area contributed by atoms with Crippen LogP contribution in [0.5, 0.6) is 5.75 Å². The van der Waals surface area contributed by atoms with Crippen molar-refractivity contribution in [3.05, 3.63) is 24.3 Å². The summed E-state index contributed by atoms with van der Waals surface area (Å²) in [6.45, 7) is 3.09. The highest BCUT2D eigenvalue weighted by Gasteiger charge is 2.35. The first-order chi connectivity index (χ1) is 10.3. The number of nitrogens with zero attached hydrogens (tertiary/aromatic N) is 3. The molecule has 2 aromatic rings. The highest BCUT2D eigenvalue weighted by Crippen LogP contribution is 2.30. The first-order valence-electron chi connectivity index (χ1n) is 7.50. The molecule has 3 heterocycles. The Morgan fingerprint density at radius 3 is 3.00 bits per heavy atom. The molecule has 21 heavy (non-hydrogen) atoms. The Balaban J connectivity index is 1.56.